The zero-order valence-electron chi connectivity index (χ0n) is 14.9. The number of fused-ring (bicyclic) bond motifs is 2. The van der Waals surface area contributed by atoms with Crippen molar-refractivity contribution in [3.8, 4) is 0 Å². The van der Waals surface area contributed by atoms with Crippen molar-refractivity contribution in [3.05, 3.63) is 43.8 Å². The summed E-state index contributed by atoms with van der Waals surface area (Å²) in [6, 6.07) is 6.40. The molecule has 142 valence electrons. The van der Waals surface area contributed by atoms with Crippen molar-refractivity contribution in [2.75, 3.05) is 19.7 Å². The molecule has 2 aromatic rings. The average molecular weight is 413 g/mol. The van der Waals surface area contributed by atoms with Gasteiger partial charge in [-0.3, -0.25) is 4.79 Å². The summed E-state index contributed by atoms with van der Waals surface area (Å²) in [5, 5.41) is 8.65. The van der Waals surface area contributed by atoms with Gasteiger partial charge in [0.1, 0.15) is 0 Å². The first-order chi connectivity index (χ1) is 12.2. The third-order valence-corrected chi connectivity index (χ3v) is 7.20. The molecular weight excluding hydrogens is 388 g/mol. The van der Waals surface area contributed by atoms with E-state index in [0.717, 1.165) is 50.3 Å². The highest BCUT2D eigenvalue weighted by atomic mass is 35.5. The largest absolute Gasteiger partial charge is 0.370 e. The lowest BCUT2D eigenvalue weighted by Crippen LogP contribution is -2.44. The first-order valence-corrected chi connectivity index (χ1v) is 10.7. The first kappa shape index (κ1) is 19.8. The Labute approximate surface area is 168 Å². The van der Waals surface area contributed by atoms with Crippen molar-refractivity contribution in [3.63, 3.8) is 0 Å². The number of carbonyl (C=O) groups is 1. The van der Waals surface area contributed by atoms with Crippen LogP contribution in [-0.2, 0) is 23.2 Å². The van der Waals surface area contributed by atoms with E-state index < -0.39 is 0 Å². The van der Waals surface area contributed by atoms with Crippen molar-refractivity contribution < 1.29 is 9.53 Å². The van der Waals surface area contributed by atoms with Crippen molar-refractivity contribution in [1.29, 1.82) is 0 Å². The molecule has 2 aliphatic rings. The minimum atomic E-state index is -0.170. The SMILES string of the molecule is C[C@H](Cc1cccs1)NC(=O)c1cc2c(s1)CCOC21CCNCC1.Cl. The smallest absolute Gasteiger partial charge is 0.261 e. The molecule has 26 heavy (non-hydrogen) atoms. The molecule has 2 aliphatic heterocycles. The molecule has 0 aliphatic carbocycles. The van der Waals surface area contributed by atoms with E-state index in [9.17, 15) is 4.79 Å². The number of piperidine rings is 1. The van der Waals surface area contributed by atoms with Gasteiger partial charge in [-0.05, 0) is 55.9 Å². The molecule has 0 radical (unpaired) electrons. The lowest BCUT2D eigenvalue weighted by atomic mass is 9.83. The fourth-order valence-electron chi connectivity index (χ4n) is 3.85. The van der Waals surface area contributed by atoms with Crippen LogP contribution < -0.4 is 10.6 Å². The molecular formula is C19H25ClN2O2S2. The quantitative estimate of drug-likeness (QED) is 0.804. The molecule has 1 amide bonds. The van der Waals surface area contributed by atoms with E-state index in [4.69, 9.17) is 4.74 Å². The van der Waals surface area contributed by atoms with Crippen molar-refractivity contribution in [2.45, 2.75) is 44.2 Å². The molecule has 4 rings (SSSR count). The molecule has 1 atom stereocenters. The zero-order valence-corrected chi connectivity index (χ0v) is 17.3. The second-order valence-electron chi connectivity index (χ2n) is 6.95. The summed E-state index contributed by atoms with van der Waals surface area (Å²) in [5.74, 6) is 0.0486. The summed E-state index contributed by atoms with van der Waals surface area (Å²) in [6.07, 6.45) is 3.79. The average Bonchev–Trinajstić information content (AvgIpc) is 3.26. The topological polar surface area (TPSA) is 50.4 Å². The molecule has 4 heterocycles. The zero-order chi connectivity index (χ0) is 17.3. The number of nitrogens with one attached hydrogen (secondary N) is 2. The maximum Gasteiger partial charge on any atom is 0.261 e. The Kier molecular flexibility index (Phi) is 6.41. The highest BCUT2D eigenvalue weighted by Crippen LogP contribution is 2.43. The number of ether oxygens (including phenoxy) is 1. The summed E-state index contributed by atoms with van der Waals surface area (Å²) in [6.45, 7) is 4.80. The second-order valence-corrected chi connectivity index (χ2v) is 9.12. The Morgan fingerprint density at radius 2 is 2.23 bits per heavy atom. The Morgan fingerprint density at radius 3 is 2.96 bits per heavy atom. The van der Waals surface area contributed by atoms with E-state index in [0.29, 0.717) is 0 Å². The minimum absolute atomic E-state index is 0. The first-order valence-electron chi connectivity index (χ1n) is 8.97. The Morgan fingerprint density at radius 1 is 1.42 bits per heavy atom. The van der Waals surface area contributed by atoms with Gasteiger partial charge in [-0.1, -0.05) is 6.07 Å². The number of rotatable bonds is 4. The third-order valence-electron chi connectivity index (χ3n) is 5.11. The number of hydrogen-bond acceptors (Lipinski definition) is 5. The highest BCUT2D eigenvalue weighted by Gasteiger charge is 2.40. The monoisotopic (exact) mass is 412 g/mol. The van der Waals surface area contributed by atoms with Crippen LogP contribution in [0.25, 0.3) is 0 Å². The number of hydrogen-bond donors (Lipinski definition) is 2. The van der Waals surface area contributed by atoms with Gasteiger partial charge < -0.3 is 15.4 Å². The predicted molar refractivity (Wildman–Crippen MR) is 110 cm³/mol. The molecule has 0 aromatic carbocycles. The van der Waals surface area contributed by atoms with E-state index in [-0.39, 0.29) is 30.0 Å². The number of carbonyl (C=O) groups excluding carboxylic acids is 1. The van der Waals surface area contributed by atoms with E-state index in [1.54, 1.807) is 22.7 Å². The molecule has 1 saturated heterocycles. The summed E-state index contributed by atoms with van der Waals surface area (Å²) in [4.78, 5) is 16.2. The van der Waals surface area contributed by atoms with Crippen LogP contribution in [0.4, 0.5) is 0 Å². The maximum absolute atomic E-state index is 12.7. The highest BCUT2D eigenvalue weighted by molar-refractivity contribution is 7.14. The van der Waals surface area contributed by atoms with Crippen molar-refractivity contribution >= 4 is 41.0 Å². The van der Waals surface area contributed by atoms with Gasteiger partial charge in [-0.2, -0.15) is 0 Å². The van der Waals surface area contributed by atoms with Crippen LogP contribution in [0.15, 0.2) is 23.6 Å². The van der Waals surface area contributed by atoms with Crippen LogP contribution in [0, 0.1) is 0 Å². The van der Waals surface area contributed by atoms with Crippen LogP contribution in [0.5, 0.6) is 0 Å². The molecule has 0 bridgehead atoms. The van der Waals surface area contributed by atoms with Gasteiger partial charge in [-0.15, -0.1) is 35.1 Å². The molecule has 0 unspecified atom stereocenters. The van der Waals surface area contributed by atoms with Crippen molar-refractivity contribution in [2.24, 2.45) is 0 Å². The Hall–Kier alpha value is -0.920. The number of amides is 1. The lowest BCUT2D eigenvalue weighted by Gasteiger charge is -2.40. The summed E-state index contributed by atoms with van der Waals surface area (Å²) >= 11 is 3.39. The molecule has 1 fully saturated rings. The molecule has 2 aromatic heterocycles. The standard InChI is InChI=1S/C19H24N2O2S2.ClH/c1-13(11-14-3-2-10-24-14)21-18(22)17-12-15-16(25-17)4-9-23-19(15)5-7-20-8-6-19;/h2-3,10,12-13,20H,4-9,11H2,1H3,(H,21,22);1H/t13-;/m1./s1. The normalized spacial score (nSPS) is 19.4. The van der Waals surface area contributed by atoms with Gasteiger partial charge in [0.2, 0.25) is 0 Å². The minimum Gasteiger partial charge on any atom is -0.370 e. The van der Waals surface area contributed by atoms with Crippen LogP contribution in [0.1, 0.15) is 44.8 Å². The van der Waals surface area contributed by atoms with E-state index in [1.165, 1.54) is 15.3 Å². The van der Waals surface area contributed by atoms with Gasteiger partial charge in [0.15, 0.2) is 0 Å². The van der Waals surface area contributed by atoms with Crippen LogP contribution in [0.3, 0.4) is 0 Å². The summed E-state index contributed by atoms with van der Waals surface area (Å²) in [7, 11) is 0. The van der Waals surface area contributed by atoms with Crippen molar-refractivity contribution in [1.82, 2.24) is 10.6 Å². The molecule has 2 N–H and O–H groups in total. The van der Waals surface area contributed by atoms with Crippen LogP contribution >= 0.6 is 35.1 Å². The lowest BCUT2D eigenvalue weighted by molar-refractivity contribution is -0.0792. The predicted octanol–water partition coefficient (Wildman–Crippen LogP) is 3.74. The van der Waals surface area contributed by atoms with Crippen LogP contribution in [-0.4, -0.2) is 31.6 Å². The number of thiophene rings is 2. The molecule has 4 nitrogen and oxygen atoms in total. The fourth-order valence-corrected chi connectivity index (χ4v) is 5.82. The van der Waals surface area contributed by atoms with Crippen LogP contribution in [0.2, 0.25) is 0 Å². The van der Waals surface area contributed by atoms with Gasteiger partial charge in [0.05, 0.1) is 17.1 Å². The Balaban J connectivity index is 0.00000196. The summed E-state index contributed by atoms with van der Waals surface area (Å²) < 4.78 is 6.21. The van der Waals surface area contributed by atoms with Gasteiger partial charge in [0, 0.05) is 28.6 Å². The summed E-state index contributed by atoms with van der Waals surface area (Å²) in [5.41, 5.74) is 1.09. The molecule has 7 heteroatoms. The van der Waals surface area contributed by atoms with E-state index >= 15 is 0 Å². The van der Waals surface area contributed by atoms with Gasteiger partial charge >= 0.3 is 0 Å². The fraction of sp³-hybridized carbons (Fsp3) is 0.526. The second kappa shape index (κ2) is 8.40. The van der Waals surface area contributed by atoms with E-state index in [2.05, 4.69) is 41.1 Å². The molecule has 0 saturated carbocycles. The Bertz CT molecular complexity index is 739. The number of halogens is 1. The van der Waals surface area contributed by atoms with Gasteiger partial charge in [-0.25, -0.2) is 0 Å². The van der Waals surface area contributed by atoms with E-state index in [1.807, 2.05) is 0 Å². The third kappa shape index (κ3) is 3.99. The molecule has 1 spiro atoms. The maximum atomic E-state index is 12.7. The van der Waals surface area contributed by atoms with Gasteiger partial charge in [0.25, 0.3) is 5.91 Å².